The Morgan fingerprint density at radius 3 is 1.10 bits per heavy atom. The molecule has 0 fully saturated rings. The first-order chi connectivity index (χ1) is 20.4. The molecule has 0 aliphatic heterocycles. The van der Waals surface area contributed by atoms with Crippen LogP contribution in [0.15, 0.2) is 170 Å². The zero-order valence-corrected chi connectivity index (χ0v) is 22.8. The maximum absolute atomic E-state index is 2.47. The standard InChI is InChI=1S/C39H30N2/c1-5-17-30(18-6-1)29-40(31-19-7-2-8-20-31)38-34-25-13-15-27-36(34)39(37-28-16-14-26-35(37)38)41(32-21-9-3-10-22-32)33-23-11-4-12-24-33/h1-28H,29H2. The number of nitrogens with zero attached hydrogens (tertiary/aromatic N) is 2. The molecular weight excluding hydrogens is 496 g/mol. The zero-order chi connectivity index (χ0) is 27.4. The topological polar surface area (TPSA) is 6.48 Å². The van der Waals surface area contributed by atoms with Gasteiger partial charge in [-0.3, -0.25) is 0 Å². The van der Waals surface area contributed by atoms with Crippen molar-refractivity contribution in [3.8, 4) is 0 Å². The maximum Gasteiger partial charge on any atom is 0.0619 e. The molecule has 2 heteroatoms. The van der Waals surface area contributed by atoms with Crippen LogP contribution in [0.4, 0.5) is 28.4 Å². The average molecular weight is 527 g/mol. The SMILES string of the molecule is c1ccc(CN(c2ccccc2)c2c3ccccc3c(N(c3ccccc3)c3ccccc3)c3ccccc23)cc1. The van der Waals surface area contributed by atoms with Gasteiger partial charge in [0.1, 0.15) is 0 Å². The first-order valence-electron chi connectivity index (χ1n) is 14.1. The van der Waals surface area contributed by atoms with Crippen LogP contribution in [-0.2, 0) is 6.54 Å². The van der Waals surface area contributed by atoms with E-state index in [0.717, 1.165) is 17.9 Å². The largest absolute Gasteiger partial charge is 0.336 e. The van der Waals surface area contributed by atoms with E-state index >= 15 is 0 Å². The number of benzene rings is 7. The van der Waals surface area contributed by atoms with Crippen molar-refractivity contribution in [3.05, 3.63) is 175 Å². The number of hydrogen-bond donors (Lipinski definition) is 0. The van der Waals surface area contributed by atoms with Gasteiger partial charge in [0.2, 0.25) is 0 Å². The van der Waals surface area contributed by atoms with Gasteiger partial charge in [-0.2, -0.15) is 0 Å². The molecule has 0 unspecified atom stereocenters. The molecule has 0 spiro atoms. The minimum atomic E-state index is 0.763. The van der Waals surface area contributed by atoms with Crippen molar-refractivity contribution in [3.63, 3.8) is 0 Å². The molecule has 2 nitrogen and oxygen atoms in total. The Kier molecular flexibility index (Phi) is 6.64. The molecule has 0 saturated heterocycles. The molecule has 7 aromatic rings. The van der Waals surface area contributed by atoms with Crippen molar-refractivity contribution in [1.29, 1.82) is 0 Å². The van der Waals surface area contributed by atoms with Crippen LogP contribution in [0.5, 0.6) is 0 Å². The highest BCUT2D eigenvalue weighted by atomic mass is 15.2. The van der Waals surface area contributed by atoms with Crippen LogP contribution in [0, 0.1) is 0 Å². The Bertz CT molecular complexity index is 1800. The number of fused-ring (bicyclic) bond motifs is 2. The van der Waals surface area contributed by atoms with Crippen molar-refractivity contribution < 1.29 is 0 Å². The number of para-hydroxylation sites is 3. The van der Waals surface area contributed by atoms with Crippen molar-refractivity contribution in [2.75, 3.05) is 9.80 Å². The monoisotopic (exact) mass is 526 g/mol. The molecule has 0 aliphatic rings. The molecule has 0 aromatic heterocycles. The van der Waals surface area contributed by atoms with E-state index in [-0.39, 0.29) is 0 Å². The van der Waals surface area contributed by atoms with Gasteiger partial charge in [-0.25, -0.2) is 0 Å². The number of rotatable bonds is 7. The first-order valence-corrected chi connectivity index (χ1v) is 14.1. The second-order valence-corrected chi connectivity index (χ2v) is 10.2. The van der Waals surface area contributed by atoms with Crippen molar-refractivity contribution in [1.82, 2.24) is 0 Å². The van der Waals surface area contributed by atoms with E-state index in [1.807, 2.05) is 0 Å². The molecule has 7 rings (SSSR count). The lowest BCUT2D eigenvalue weighted by atomic mass is 9.95. The normalized spacial score (nSPS) is 11.0. The van der Waals surface area contributed by atoms with E-state index in [9.17, 15) is 0 Å². The van der Waals surface area contributed by atoms with E-state index in [4.69, 9.17) is 0 Å². The van der Waals surface area contributed by atoms with Gasteiger partial charge in [0.05, 0.1) is 11.4 Å². The van der Waals surface area contributed by atoms with Gasteiger partial charge in [-0.05, 0) is 42.0 Å². The third-order valence-electron chi connectivity index (χ3n) is 7.65. The predicted octanol–water partition coefficient (Wildman–Crippen LogP) is 10.8. The van der Waals surface area contributed by atoms with Crippen LogP contribution in [0.1, 0.15) is 5.56 Å². The first kappa shape index (κ1) is 24.7. The molecule has 0 bridgehead atoms. The average Bonchev–Trinajstić information content (AvgIpc) is 3.06. The summed E-state index contributed by atoms with van der Waals surface area (Å²) in [5.74, 6) is 0. The Morgan fingerprint density at radius 2 is 0.659 bits per heavy atom. The van der Waals surface area contributed by atoms with Gasteiger partial charge < -0.3 is 9.80 Å². The lowest BCUT2D eigenvalue weighted by molar-refractivity contribution is 0.985. The highest BCUT2D eigenvalue weighted by molar-refractivity contribution is 6.22. The fourth-order valence-electron chi connectivity index (χ4n) is 5.85. The lowest BCUT2D eigenvalue weighted by Crippen LogP contribution is -2.18. The minimum Gasteiger partial charge on any atom is -0.336 e. The third-order valence-corrected chi connectivity index (χ3v) is 7.65. The van der Waals surface area contributed by atoms with Gasteiger partial charge in [0.25, 0.3) is 0 Å². The lowest BCUT2D eigenvalue weighted by Gasteiger charge is -2.32. The summed E-state index contributed by atoms with van der Waals surface area (Å²) in [5.41, 5.74) is 7.10. The molecule has 7 aromatic carbocycles. The van der Waals surface area contributed by atoms with E-state index in [1.54, 1.807) is 0 Å². The molecule has 196 valence electrons. The quantitative estimate of drug-likeness (QED) is 0.151. The highest BCUT2D eigenvalue weighted by Gasteiger charge is 2.24. The summed E-state index contributed by atoms with van der Waals surface area (Å²) in [6.45, 7) is 0.763. The van der Waals surface area contributed by atoms with Gasteiger partial charge >= 0.3 is 0 Å². The molecule has 0 amide bonds. The van der Waals surface area contributed by atoms with Crippen LogP contribution in [0.2, 0.25) is 0 Å². The van der Waals surface area contributed by atoms with Crippen LogP contribution in [-0.4, -0.2) is 0 Å². The summed E-state index contributed by atoms with van der Waals surface area (Å²) in [4.78, 5) is 4.87. The Labute approximate surface area is 241 Å². The van der Waals surface area contributed by atoms with Crippen molar-refractivity contribution in [2.45, 2.75) is 6.54 Å². The Morgan fingerprint density at radius 1 is 0.317 bits per heavy atom. The molecule has 41 heavy (non-hydrogen) atoms. The molecular formula is C39H30N2. The fraction of sp³-hybridized carbons (Fsp3) is 0.0256. The Hall–Kier alpha value is -5.34. The third kappa shape index (κ3) is 4.70. The highest BCUT2D eigenvalue weighted by Crippen LogP contribution is 2.49. The zero-order valence-electron chi connectivity index (χ0n) is 22.8. The molecule has 0 radical (unpaired) electrons. The molecule has 0 atom stereocenters. The molecule has 0 saturated carbocycles. The maximum atomic E-state index is 2.47. The predicted molar refractivity (Wildman–Crippen MR) is 175 cm³/mol. The van der Waals surface area contributed by atoms with E-state index < -0.39 is 0 Å². The fourth-order valence-corrected chi connectivity index (χ4v) is 5.85. The van der Waals surface area contributed by atoms with Gasteiger partial charge in [0.15, 0.2) is 0 Å². The molecule has 0 heterocycles. The van der Waals surface area contributed by atoms with Gasteiger partial charge in [-0.1, -0.05) is 133 Å². The number of anilines is 5. The van der Waals surface area contributed by atoms with Gasteiger partial charge in [-0.15, -0.1) is 0 Å². The van der Waals surface area contributed by atoms with Crippen LogP contribution < -0.4 is 9.80 Å². The summed E-state index contributed by atoms with van der Waals surface area (Å²) < 4.78 is 0. The van der Waals surface area contributed by atoms with Crippen molar-refractivity contribution in [2.24, 2.45) is 0 Å². The molecule has 0 N–H and O–H groups in total. The van der Waals surface area contributed by atoms with Crippen LogP contribution in [0.3, 0.4) is 0 Å². The molecule has 0 aliphatic carbocycles. The summed E-state index contributed by atoms with van der Waals surface area (Å²) in [6, 6.07) is 60.6. The van der Waals surface area contributed by atoms with Gasteiger partial charge in [0, 0.05) is 45.2 Å². The number of hydrogen-bond acceptors (Lipinski definition) is 2. The summed E-state index contributed by atoms with van der Waals surface area (Å²) in [7, 11) is 0. The van der Waals surface area contributed by atoms with Crippen molar-refractivity contribution >= 4 is 50.0 Å². The van der Waals surface area contributed by atoms with E-state index in [2.05, 4.69) is 180 Å². The van der Waals surface area contributed by atoms with E-state index in [1.165, 1.54) is 44.2 Å². The summed E-state index contributed by atoms with van der Waals surface area (Å²) >= 11 is 0. The smallest absolute Gasteiger partial charge is 0.0619 e. The summed E-state index contributed by atoms with van der Waals surface area (Å²) in [5, 5.41) is 4.86. The van der Waals surface area contributed by atoms with E-state index in [0.29, 0.717) is 0 Å². The summed E-state index contributed by atoms with van der Waals surface area (Å²) in [6.07, 6.45) is 0. The van der Waals surface area contributed by atoms with Crippen LogP contribution >= 0.6 is 0 Å². The second kappa shape index (κ2) is 11.0. The Balaban J connectivity index is 1.57. The second-order valence-electron chi connectivity index (χ2n) is 10.2. The minimum absolute atomic E-state index is 0.763. The van der Waals surface area contributed by atoms with Crippen LogP contribution in [0.25, 0.3) is 21.5 Å².